The van der Waals surface area contributed by atoms with Gasteiger partial charge in [-0.3, -0.25) is 10.1 Å². The maximum Gasteiger partial charge on any atom is 0.292 e. The van der Waals surface area contributed by atoms with Crippen LogP contribution in [0.2, 0.25) is 0 Å². The van der Waals surface area contributed by atoms with Gasteiger partial charge in [-0.15, -0.1) is 0 Å². The molecule has 1 aliphatic heterocycles. The summed E-state index contributed by atoms with van der Waals surface area (Å²) in [7, 11) is 2.08. The van der Waals surface area contributed by atoms with Gasteiger partial charge in [0, 0.05) is 37.1 Å². The molecule has 0 amide bonds. The number of nitrogens with zero attached hydrogens (tertiary/aromatic N) is 3. The molecule has 5 nitrogen and oxygen atoms in total. The summed E-state index contributed by atoms with van der Waals surface area (Å²) in [6.45, 7) is 4.79. The third kappa shape index (κ3) is 3.06. The van der Waals surface area contributed by atoms with E-state index >= 15 is 0 Å². The van der Waals surface area contributed by atoms with Gasteiger partial charge in [0.15, 0.2) is 0 Å². The lowest BCUT2D eigenvalue weighted by molar-refractivity contribution is -0.384. The van der Waals surface area contributed by atoms with E-state index in [4.69, 9.17) is 0 Å². The van der Waals surface area contributed by atoms with Crippen molar-refractivity contribution in [3.63, 3.8) is 0 Å². The summed E-state index contributed by atoms with van der Waals surface area (Å²) in [6.07, 6.45) is 0. The Balaban J connectivity index is 2.36. The molecule has 0 aromatic heterocycles. The van der Waals surface area contributed by atoms with Crippen LogP contribution in [0.3, 0.4) is 0 Å². The Labute approximate surface area is 121 Å². The van der Waals surface area contributed by atoms with Gasteiger partial charge in [-0.25, -0.2) is 0 Å². The van der Waals surface area contributed by atoms with E-state index < -0.39 is 0 Å². The van der Waals surface area contributed by atoms with Crippen LogP contribution in [-0.4, -0.2) is 42.5 Å². The molecule has 1 unspecified atom stereocenters. The van der Waals surface area contributed by atoms with Gasteiger partial charge in [0.25, 0.3) is 5.69 Å². The van der Waals surface area contributed by atoms with Crippen molar-refractivity contribution in [1.29, 1.82) is 0 Å². The van der Waals surface area contributed by atoms with Crippen molar-refractivity contribution in [3.8, 4) is 0 Å². The van der Waals surface area contributed by atoms with Gasteiger partial charge in [0.2, 0.25) is 0 Å². The van der Waals surface area contributed by atoms with Crippen LogP contribution < -0.4 is 4.90 Å². The van der Waals surface area contributed by atoms with Crippen molar-refractivity contribution in [1.82, 2.24) is 4.90 Å². The molecular weight excluding hydrogens is 310 g/mol. The van der Waals surface area contributed by atoms with Crippen LogP contribution in [0.4, 0.5) is 11.4 Å². The van der Waals surface area contributed by atoms with Gasteiger partial charge < -0.3 is 9.80 Å². The van der Waals surface area contributed by atoms with Crippen LogP contribution in [0.25, 0.3) is 0 Å². The second-order valence-corrected chi connectivity index (χ2v) is 5.58. The molecule has 0 N–H and O–H groups in total. The number of nitro benzene ring substituents is 1. The molecule has 0 saturated carbocycles. The first-order valence-corrected chi connectivity index (χ1v) is 7.43. The molecule has 0 spiro atoms. The predicted octanol–water partition coefficient (Wildman–Crippen LogP) is 2.63. The number of anilines is 1. The number of nitro groups is 1. The fourth-order valence-electron chi connectivity index (χ4n) is 2.54. The summed E-state index contributed by atoms with van der Waals surface area (Å²) in [5.74, 6) is 0. The number of hydrogen-bond donors (Lipinski definition) is 0. The van der Waals surface area contributed by atoms with Crippen LogP contribution in [0.15, 0.2) is 18.2 Å². The number of likely N-dealkylation sites (N-methyl/N-ethyl adjacent to an activating group) is 1. The number of rotatable bonds is 3. The average molecular weight is 328 g/mol. The minimum Gasteiger partial charge on any atom is -0.361 e. The Bertz CT molecular complexity index is 481. The molecule has 0 bridgehead atoms. The zero-order valence-corrected chi connectivity index (χ0v) is 12.8. The maximum absolute atomic E-state index is 11.3. The van der Waals surface area contributed by atoms with E-state index in [1.807, 2.05) is 12.1 Å². The number of alkyl halides is 1. The highest BCUT2D eigenvalue weighted by atomic mass is 79.9. The topological polar surface area (TPSA) is 49.6 Å². The van der Waals surface area contributed by atoms with Gasteiger partial charge in [0.05, 0.1) is 4.92 Å². The van der Waals surface area contributed by atoms with Gasteiger partial charge in [-0.05, 0) is 25.6 Å². The zero-order chi connectivity index (χ0) is 14.0. The molecule has 6 heteroatoms. The van der Waals surface area contributed by atoms with E-state index in [9.17, 15) is 10.1 Å². The van der Waals surface area contributed by atoms with E-state index in [0.717, 1.165) is 30.9 Å². The molecule has 1 fully saturated rings. The fourth-order valence-corrected chi connectivity index (χ4v) is 2.89. The van der Waals surface area contributed by atoms with Crippen molar-refractivity contribution >= 4 is 27.3 Å². The molecule has 1 aromatic rings. The van der Waals surface area contributed by atoms with Crippen molar-refractivity contribution in [3.05, 3.63) is 33.9 Å². The Morgan fingerprint density at radius 3 is 2.79 bits per heavy atom. The summed E-state index contributed by atoms with van der Waals surface area (Å²) < 4.78 is 0. The third-order valence-corrected chi connectivity index (χ3v) is 4.18. The molecule has 0 radical (unpaired) electrons. The van der Waals surface area contributed by atoms with Gasteiger partial charge in [-0.2, -0.15) is 0 Å². The summed E-state index contributed by atoms with van der Waals surface area (Å²) in [5, 5.41) is 11.9. The standard InChI is InChI=1S/C13H18BrN3O2/c1-10-9-15(2)5-6-16(10)12-4-3-11(8-14)7-13(12)17(18)19/h3-4,7,10H,5-6,8-9H2,1-2H3. The van der Waals surface area contributed by atoms with Crippen LogP contribution in [0.1, 0.15) is 12.5 Å². The smallest absolute Gasteiger partial charge is 0.292 e. The molecular formula is C13H18BrN3O2. The Morgan fingerprint density at radius 1 is 1.47 bits per heavy atom. The summed E-state index contributed by atoms with van der Waals surface area (Å²) in [6, 6.07) is 5.76. The molecule has 1 atom stereocenters. The molecule has 1 saturated heterocycles. The van der Waals surface area contributed by atoms with Gasteiger partial charge in [0.1, 0.15) is 5.69 Å². The summed E-state index contributed by atoms with van der Waals surface area (Å²) >= 11 is 3.34. The highest BCUT2D eigenvalue weighted by Gasteiger charge is 2.27. The van der Waals surface area contributed by atoms with E-state index in [1.54, 1.807) is 6.07 Å². The maximum atomic E-state index is 11.3. The van der Waals surface area contributed by atoms with E-state index in [1.165, 1.54) is 0 Å². The third-order valence-electron chi connectivity index (χ3n) is 3.53. The number of halogens is 1. The minimum absolute atomic E-state index is 0.202. The van der Waals surface area contributed by atoms with Crippen molar-refractivity contribution in [2.24, 2.45) is 0 Å². The Kier molecular flexibility index (Phi) is 4.42. The highest BCUT2D eigenvalue weighted by molar-refractivity contribution is 9.08. The zero-order valence-electron chi connectivity index (χ0n) is 11.2. The quantitative estimate of drug-likeness (QED) is 0.486. The Hall–Kier alpha value is -1.14. The number of hydrogen-bond acceptors (Lipinski definition) is 4. The van der Waals surface area contributed by atoms with E-state index in [2.05, 4.69) is 39.7 Å². The molecule has 0 aliphatic carbocycles. The van der Waals surface area contributed by atoms with E-state index in [-0.39, 0.29) is 16.7 Å². The number of piperazine rings is 1. The lowest BCUT2D eigenvalue weighted by Gasteiger charge is -2.39. The highest BCUT2D eigenvalue weighted by Crippen LogP contribution is 2.32. The minimum atomic E-state index is -0.285. The first kappa shape index (κ1) is 14.3. The monoisotopic (exact) mass is 327 g/mol. The molecule has 1 heterocycles. The average Bonchev–Trinajstić information content (AvgIpc) is 2.38. The van der Waals surface area contributed by atoms with Gasteiger partial charge in [-0.1, -0.05) is 22.0 Å². The first-order chi connectivity index (χ1) is 9.02. The number of benzene rings is 1. The van der Waals surface area contributed by atoms with Crippen molar-refractivity contribution in [2.75, 3.05) is 31.6 Å². The van der Waals surface area contributed by atoms with Crippen LogP contribution in [0.5, 0.6) is 0 Å². The van der Waals surface area contributed by atoms with Crippen LogP contribution in [-0.2, 0) is 5.33 Å². The van der Waals surface area contributed by atoms with Crippen molar-refractivity contribution < 1.29 is 4.92 Å². The second-order valence-electron chi connectivity index (χ2n) is 5.02. The lowest BCUT2D eigenvalue weighted by Crippen LogP contribution is -2.50. The second kappa shape index (κ2) is 5.88. The first-order valence-electron chi connectivity index (χ1n) is 6.31. The van der Waals surface area contributed by atoms with Crippen LogP contribution >= 0.6 is 15.9 Å². The Morgan fingerprint density at radius 2 is 2.21 bits per heavy atom. The molecule has 19 heavy (non-hydrogen) atoms. The predicted molar refractivity (Wildman–Crippen MR) is 80.0 cm³/mol. The van der Waals surface area contributed by atoms with Gasteiger partial charge >= 0.3 is 0 Å². The van der Waals surface area contributed by atoms with Crippen LogP contribution in [0, 0.1) is 10.1 Å². The normalized spacial score (nSPS) is 20.6. The molecule has 1 aromatic carbocycles. The molecule has 104 valence electrons. The molecule has 1 aliphatic rings. The fraction of sp³-hybridized carbons (Fsp3) is 0.538. The van der Waals surface area contributed by atoms with Crippen molar-refractivity contribution in [2.45, 2.75) is 18.3 Å². The lowest BCUT2D eigenvalue weighted by atomic mass is 10.1. The SMILES string of the molecule is CC1CN(C)CCN1c1ccc(CBr)cc1[N+](=O)[O-]. The van der Waals surface area contributed by atoms with E-state index in [0.29, 0.717) is 5.33 Å². The summed E-state index contributed by atoms with van der Waals surface area (Å²) in [4.78, 5) is 15.4. The summed E-state index contributed by atoms with van der Waals surface area (Å²) in [5.41, 5.74) is 1.86. The largest absolute Gasteiger partial charge is 0.361 e. The molecule has 2 rings (SSSR count).